The maximum absolute atomic E-state index is 14.7. The molecule has 42 heteroatoms. The Kier molecular flexibility index (Phi) is 56.3. The smallest absolute Gasteiger partial charge is 0.326 e. The molecule has 0 aromatic heterocycles. The van der Waals surface area contributed by atoms with Crippen LogP contribution < -0.4 is 109 Å². The zero-order valence-electron chi connectivity index (χ0n) is 71.8. The molecule has 0 aliphatic rings. The van der Waals surface area contributed by atoms with Gasteiger partial charge in [-0.05, 0) is 148 Å². The van der Waals surface area contributed by atoms with Crippen molar-refractivity contribution in [2.45, 2.75) is 334 Å². The van der Waals surface area contributed by atoms with Gasteiger partial charge in [-0.25, -0.2) is 4.79 Å². The summed E-state index contributed by atoms with van der Waals surface area (Å²) in [7, 11) is 0. The van der Waals surface area contributed by atoms with E-state index in [0.717, 1.165) is 32.6 Å². The highest BCUT2D eigenvalue weighted by atomic mass is 16.4. The highest BCUT2D eigenvalue weighted by Gasteiger charge is 2.38. The Hall–Kier alpha value is -10.5. The molecule has 0 aliphatic carbocycles. The molecule has 0 fully saturated rings. The van der Waals surface area contributed by atoms with Crippen molar-refractivity contribution in [3.05, 3.63) is 0 Å². The van der Waals surface area contributed by atoms with Gasteiger partial charge in [-0.1, -0.05) is 113 Å². The number of unbranched alkanes of at least 4 members (excludes halogenated alkanes) is 12. The summed E-state index contributed by atoms with van der Waals surface area (Å²) < 4.78 is 0. The van der Waals surface area contributed by atoms with E-state index in [2.05, 4.69) is 86.0 Å². The number of carbonyl (C=O) groups is 17. The van der Waals surface area contributed by atoms with Crippen LogP contribution in [0.4, 0.5) is 0 Å². The second-order valence-corrected chi connectivity index (χ2v) is 31.4. The molecule has 42 nitrogen and oxygen atoms in total. The molecule has 0 aromatic rings. The Morgan fingerprint density at radius 3 is 0.975 bits per heavy atom. The summed E-state index contributed by atoms with van der Waals surface area (Å²) >= 11 is 0. The molecule has 13 atom stereocenters. The third kappa shape index (κ3) is 49.7. The normalized spacial score (nSPS) is 14.4. The van der Waals surface area contributed by atoms with Crippen molar-refractivity contribution in [1.82, 2.24) is 69.1 Å². The summed E-state index contributed by atoms with van der Waals surface area (Å²) in [4.78, 5) is 238. The molecular weight excluding hydrogens is 1560 g/mol. The maximum atomic E-state index is 14.7. The van der Waals surface area contributed by atoms with Crippen LogP contribution in [0.25, 0.3) is 0 Å². The molecular formula is C78H142N22O20. The molecule has 0 saturated heterocycles. The minimum atomic E-state index is -1.87. The molecule has 0 heterocycles. The lowest BCUT2D eigenvalue weighted by molar-refractivity contribution is -0.143. The number of nitrogens with one attached hydrogen (secondary N) is 13. The summed E-state index contributed by atoms with van der Waals surface area (Å²) in [5, 5.41) is 61.4. The van der Waals surface area contributed by atoms with Crippen LogP contribution in [0.1, 0.15) is 255 Å². The molecule has 0 aromatic carbocycles. The number of hydrogen-bond donors (Lipinski definition) is 23. The van der Waals surface area contributed by atoms with Gasteiger partial charge in [0.25, 0.3) is 0 Å². The van der Waals surface area contributed by atoms with E-state index < -0.39 is 211 Å². The Morgan fingerprint density at radius 1 is 0.300 bits per heavy atom. The van der Waals surface area contributed by atoms with Gasteiger partial charge in [0, 0.05) is 32.4 Å². The SMILES string of the molecule is CCCCCCCCCCCCCC(=O)N[C@@H](CCCCN)C(=O)N[C@@H](CCCCN)C(=O)N[C@@H](C)C(=O)N[C@@H](CC(C)C)C(=O)N[C@@H](CCCN=C(N)N)C(=O)N[C@@H](CCCN=C(N)N)C(=O)N[C@@H](CCC(N)=O)C(=O)N[C@@H](CCC(=O)O)C(=O)N[C@@H](C)C(=O)N[C@H](C(=O)N[C@@H](CC(=O)O)C(=O)N[C@@H](C)C(=O)N[C@@H](CC(C)C)C(=O)O)C(C)C. The van der Waals surface area contributed by atoms with Gasteiger partial charge >= 0.3 is 17.9 Å². The van der Waals surface area contributed by atoms with E-state index in [1.807, 2.05) is 0 Å². The monoisotopic (exact) mass is 1710 g/mol. The van der Waals surface area contributed by atoms with Gasteiger partial charge < -0.3 is 125 Å². The molecule has 0 rings (SSSR count). The zero-order valence-corrected chi connectivity index (χ0v) is 71.8. The number of primary amides is 1. The first kappa shape index (κ1) is 109. The third-order valence-electron chi connectivity index (χ3n) is 19.1. The fourth-order valence-electron chi connectivity index (χ4n) is 12.3. The van der Waals surface area contributed by atoms with E-state index in [0.29, 0.717) is 38.6 Å². The Balaban J connectivity index is 7.08. The lowest BCUT2D eigenvalue weighted by atomic mass is 10.0. The number of hydrogen-bond acceptors (Lipinski definition) is 21. The van der Waals surface area contributed by atoms with E-state index in [1.54, 1.807) is 27.7 Å². The van der Waals surface area contributed by atoms with Crippen molar-refractivity contribution in [1.29, 1.82) is 0 Å². The van der Waals surface area contributed by atoms with Gasteiger partial charge in [0.2, 0.25) is 82.7 Å². The molecule has 0 unspecified atom stereocenters. The first-order valence-corrected chi connectivity index (χ1v) is 41.9. The summed E-state index contributed by atoms with van der Waals surface area (Å²) in [6, 6.07) is -19.7. The fourth-order valence-corrected chi connectivity index (χ4v) is 12.3. The summed E-state index contributed by atoms with van der Waals surface area (Å²) in [6.45, 7) is 16.1. The Morgan fingerprint density at radius 2 is 0.617 bits per heavy atom. The van der Waals surface area contributed by atoms with Crippen molar-refractivity contribution in [2.75, 3.05) is 26.2 Å². The fraction of sp³-hybridized carbons (Fsp3) is 0.756. The van der Waals surface area contributed by atoms with Crippen molar-refractivity contribution in [3.8, 4) is 0 Å². The van der Waals surface area contributed by atoms with Crippen LogP contribution in [0.3, 0.4) is 0 Å². The number of carboxylic acids is 3. The van der Waals surface area contributed by atoms with Crippen LogP contribution >= 0.6 is 0 Å². The highest BCUT2D eigenvalue weighted by Crippen LogP contribution is 2.16. The molecule has 30 N–H and O–H groups in total. The topological polar surface area (TPSA) is 714 Å². The Labute approximate surface area is 703 Å². The largest absolute Gasteiger partial charge is 0.481 e. The van der Waals surface area contributed by atoms with E-state index in [1.165, 1.54) is 66.2 Å². The first-order valence-electron chi connectivity index (χ1n) is 41.9. The summed E-state index contributed by atoms with van der Waals surface area (Å²) in [5.41, 5.74) is 39.4. The number of nitrogens with two attached hydrogens (primary N) is 7. The van der Waals surface area contributed by atoms with E-state index in [4.69, 9.17) is 40.1 Å². The second kappa shape index (κ2) is 61.7. The Bertz CT molecular complexity index is 3340. The van der Waals surface area contributed by atoms with Crippen molar-refractivity contribution >= 4 is 113 Å². The molecule has 0 saturated carbocycles. The van der Waals surface area contributed by atoms with Crippen LogP contribution in [0.5, 0.6) is 0 Å². The van der Waals surface area contributed by atoms with Crippen molar-refractivity contribution in [2.24, 2.45) is 67.9 Å². The van der Waals surface area contributed by atoms with Crippen molar-refractivity contribution in [3.63, 3.8) is 0 Å². The molecule has 0 bridgehead atoms. The number of carboxylic acid groups (broad SMARTS) is 3. The minimum absolute atomic E-state index is 0.0126. The van der Waals surface area contributed by atoms with Crippen LogP contribution in [0, 0.1) is 17.8 Å². The third-order valence-corrected chi connectivity index (χ3v) is 19.1. The second-order valence-electron chi connectivity index (χ2n) is 31.4. The molecule has 0 spiro atoms. The molecule has 0 radical (unpaired) electrons. The summed E-state index contributed by atoms with van der Waals surface area (Å²) in [5.74, 6) is -19.6. The maximum Gasteiger partial charge on any atom is 0.326 e. The number of carbonyl (C=O) groups excluding carboxylic acids is 14. The highest BCUT2D eigenvalue weighted by molar-refractivity contribution is 6.00. The van der Waals surface area contributed by atoms with E-state index >= 15 is 0 Å². The predicted molar refractivity (Wildman–Crippen MR) is 448 cm³/mol. The number of aliphatic imine (C=N–C) groups is 2. The van der Waals surface area contributed by atoms with Crippen molar-refractivity contribution < 1.29 is 96.8 Å². The van der Waals surface area contributed by atoms with Gasteiger partial charge in [-0.3, -0.25) is 86.7 Å². The lowest BCUT2D eigenvalue weighted by Crippen LogP contribution is -2.61. The minimum Gasteiger partial charge on any atom is -0.481 e. The van der Waals surface area contributed by atoms with Gasteiger partial charge in [0.05, 0.1) is 6.42 Å². The number of amides is 14. The average Bonchev–Trinajstić information content (AvgIpc) is 0.857. The molecule has 684 valence electrons. The van der Waals surface area contributed by atoms with Gasteiger partial charge in [-0.2, -0.15) is 0 Å². The molecule has 120 heavy (non-hydrogen) atoms. The molecule has 14 amide bonds. The van der Waals surface area contributed by atoms with Crippen LogP contribution in [-0.2, 0) is 81.5 Å². The lowest BCUT2D eigenvalue weighted by Gasteiger charge is -2.28. The van der Waals surface area contributed by atoms with Crippen LogP contribution in [0.15, 0.2) is 9.98 Å². The first-order chi connectivity index (χ1) is 56.5. The standard InChI is InChI=1S/C78H142N22O20/c1-11-12-13-14-15-16-17-18-19-20-21-32-60(102)91-50(28-22-24-37-79)69(112)92-51(29-23-25-38-80)67(110)88-47(8)64(107)97-56(41-44(2)3)74(117)94-53(31-27-40-87-78(84)85)70(113)93-52(30-26-39-86-77(82)83)71(114)95-54(33-35-59(81)101)72(115)96-55(34-36-61(103)104)68(111)89-49(10)66(109)100-63(46(6)7)75(118)98-57(43-62(105)106)73(116)90-48(9)65(108)99-58(76(119)120)42-45(4)5/h44-58,63H,11-43,79-80H2,1-10H3,(H2,81,101)(H,88,110)(H,89,111)(H,90,116)(H,91,102)(H,92,112)(H,93,113)(H,94,117)(H,95,114)(H,96,115)(H,97,107)(H,98,118)(H,99,108)(H,100,109)(H,103,104)(H,105,106)(H,119,120)(H4,82,83,86)(H4,84,85,87)/t47-,48-,49-,50-,51-,52-,53-,54-,55-,56-,57-,58-,63-/m0/s1. The summed E-state index contributed by atoms with van der Waals surface area (Å²) in [6.07, 6.45) is 10.3. The van der Waals surface area contributed by atoms with Crippen LogP contribution in [-0.4, -0.2) is 233 Å². The number of guanidine groups is 2. The molecule has 0 aliphatic heterocycles. The van der Waals surface area contributed by atoms with Crippen LogP contribution in [0.2, 0.25) is 0 Å². The number of rotatable bonds is 67. The van der Waals surface area contributed by atoms with Gasteiger partial charge in [0.15, 0.2) is 11.9 Å². The zero-order chi connectivity index (χ0) is 91.1. The van der Waals surface area contributed by atoms with E-state index in [-0.39, 0.29) is 107 Å². The average molecular weight is 1710 g/mol. The van der Waals surface area contributed by atoms with Gasteiger partial charge in [-0.15, -0.1) is 0 Å². The quantitative estimate of drug-likeness (QED) is 0.0175. The predicted octanol–water partition coefficient (Wildman–Crippen LogP) is -2.15. The van der Waals surface area contributed by atoms with E-state index in [9.17, 15) is 96.8 Å². The van der Waals surface area contributed by atoms with Gasteiger partial charge in [0.1, 0.15) is 78.5 Å². The number of nitrogens with zero attached hydrogens (tertiary/aromatic N) is 2. The number of aliphatic carboxylic acids is 3.